The smallest absolute Gasteiger partial charge is 0.271 e. The number of rotatable bonds is 9. The summed E-state index contributed by atoms with van der Waals surface area (Å²) in [7, 11) is -3.82. The lowest BCUT2D eigenvalue weighted by atomic mass is 10.1. The van der Waals surface area contributed by atoms with Gasteiger partial charge in [-0.05, 0) is 36.6 Å². The number of nitro benzene ring substituents is 1. The van der Waals surface area contributed by atoms with Crippen LogP contribution in [0.1, 0.15) is 38.2 Å². The van der Waals surface area contributed by atoms with E-state index in [0.717, 1.165) is 30.9 Å². The molecule has 0 aliphatic carbocycles. The van der Waals surface area contributed by atoms with E-state index >= 15 is 0 Å². The van der Waals surface area contributed by atoms with Crippen LogP contribution in [0.15, 0.2) is 47.4 Å². The lowest BCUT2D eigenvalue weighted by Crippen LogP contribution is -2.13. The molecule has 0 spiro atoms. The maximum atomic E-state index is 12.5. The molecule has 0 saturated carbocycles. The fourth-order valence-corrected chi connectivity index (χ4v) is 3.85. The zero-order valence-electron chi connectivity index (χ0n) is 14.4. The second kappa shape index (κ2) is 9.00. The summed E-state index contributed by atoms with van der Waals surface area (Å²) in [4.78, 5) is 10.2. The summed E-state index contributed by atoms with van der Waals surface area (Å²) in [6.07, 6.45) is 5.54. The third-order valence-corrected chi connectivity index (χ3v) is 5.65. The zero-order chi connectivity index (χ0) is 19.2. The molecule has 0 radical (unpaired) electrons. The first-order valence-electron chi connectivity index (χ1n) is 8.39. The highest BCUT2D eigenvalue weighted by atomic mass is 35.5. The highest BCUT2D eigenvalue weighted by Gasteiger charge is 2.17. The molecule has 0 atom stereocenters. The molecule has 0 aliphatic heterocycles. The number of hydrogen-bond donors (Lipinski definition) is 1. The van der Waals surface area contributed by atoms with Crippen molar-refractivity contribution >= 4 is 33.0 Å². The minimum atomic E-state index is -3.82. The first-order valence-corrected chi connectivity index (χ1v) is 10.3. The minimum Gasteiger partial charge on any atom is -0.278 e. The van der Waals surface area contributed by atoms with Gasteiger partial charge >= 0.3 is 0 Å². The fraction of sp³-hybridized carbons (Fsp3) is 0.333. The van der Waals surface area contributed by atoms with Crippen LogP contribution in [-0.2, 0) is 16.4 Å². The molecule has 0 amide bonds. The Morgan fingerprint density at radius 1 is 1.08 bits per heavy atom. The van der Waals surface area contributed by atoms with Crippen molar-refractivity contribution in [1.29, 1.82) is 0 Å². The Hall–Kier alpha value is -2.12. The molecule has 140 valence electrons. The van der Waals surface area contributed by atoms with Gasteiger partial charge in [0.2, 0.25) is 0 Å². The monoisotopic (exact) mass is 396 g/mol. The quantitative estimate of drug-likeness (QED) is 0.359. The minimum absolute atomic E-state index is 0.0321. The molecular weight excluding hydrogens is 376 g/mol. The van der Waals surface area contributed by atoms with Crippen LogP contribution in [0.3, 0.4) is 0 Å². The molecule has 26 heavy (non-hydrogen) atoms. The van der Waals surface area contributed by atoms with Gasteiger partial charge in [0.15, 0.2) is 0 Å². The van der Waals surface area contributed by atoms with Gasteiger partial charge in [0.25, 0.3) is 15.7 Å². The van der Waals surface area contributed by atoms with Gasteiger partial charge < -0.3 is 0 Å². The molecule has 0 aliphatic rings. The van der Waals surface area contributed by atoms with E-state index in [1.807, 2.05) is 0 Å². The Morgan fingerprint density at radius 2 is 1.77 bits per heavy atom. The number of nitrogens with one attached hydrogen (secondary N) is 1. The molecule has 2 aromatic carbocycles. The van der Waals surface area contributed by atoms with Crippen molar-refractivity contribution < 1.29 is 13.3 Å². The number of nitro groups is 1. The van der Waals surface area contributed by atoms with Gasteiger partial charge in [-0.3, -0.25) is 14.8 Å². The van der Waals surface area contributed by atoms with Crippen molar-refractivity contribution in [3.8, 4) is 0 Å². The lowest BCUT2D eigenvalue weighted by Gasteiger charge is -2.10. The van der Waals surface area contributed by atoms with Crippen LogP contribution in [0.25, 0.3) is 0 Å². The van der Waals surface area contributed by atoms with E-state index in [2.05, 4.69) is 11.6 Å². The van der Waals surface area contributed by atoms with Crippen molar-refractivity contribution in [2.45, 2.75) is 43.9 Å². The predicted octanol–water partition coefficient (Wildman–Crippen LogP) is 5.17. The second-order valence-corrected chi connectivity index (χ2v) is 8.07. The van der Waals surface area contributed by atoms with Gasteiger partial charge in [-0.15, -0.1) is 0 Å². The molecule has 0 heterocycles. The normalized spacial score (nSPS) is 11.3. The molecule has 0 bridgehead atoms. The molecule has 6 nitrogen and oxygen atoms in total. The van der Waals surface area contributed by atoms with Gasteiger partial charge in [0, 0.05) is 12.1 Å². The largest absolute Gasteiger partial charge is 0.278 e. The number of aryl methyl sites for hydroxylation is 1. The number of nitrogens with zero attached hydrogens (tertiary/aromatic N) is 1. The van der Waals surface area contributed by atoms with Crippen LogP contribution >= 0.6 is 11.6 Å². The van der Waals surface area contributed by atoms with Gasteiger partial charge in [-0.1, -0.05) is 49.9 Å². The first-order chi connectivity index (χ1) is 12.3. The van der Waals surface area contributed by atoms with E-state index in [0.29, 0.717) is 0 Å². The number of hydrogen-bond acceptors (Lipinski definition) is 4. The van der Waals surface area contributed by atoms with Gasteiger partial charge in [0.1, 0.15) is 0 Å². The van der Waals surface area contributed by atoms with Crippen LogP contribution in [0.2, 0.25) is 5.02 Å². The number of non-ortho nitro benzene ring substituents is 1. The summed E-state index contributed by atoms with van der Waals surface area (Å²) in [5.41, 5.74) is 0.986. The van der Waals surface area contributed by atoms with Crippen molar-refractivity contribution in [1.82, 2.24) is 0 Å². The van der Waals surface area contributed by atoms with E-state index in [-0.39, 0.29) is 21.3 Å². The van der Waals surface area contributed by atoms with Gasteiger partial charge in [0.05, 0.1) is 20.5 Å². The molecule has 0 saturated heterocycles. The standard InChI is InChI=1S/C18H21ClN2O4S/c1-2-3-4-5-6-14-7-10-16(11-8-14)26(24,25)20-18-12-9-15(21(22)23)13-17(18)19/h7-13,20H,2-6H2,1H3. The molecule has 8 heteroatoms. The number of benzene rings is 2. The van der Waals surface area contributed by atoms with Gasteiger partial charge in [-0.25, -0.2) is 8.42 Å². The molecular formula is C18H21ClN2O4S. The van der Waals surface area contributed by atoms with E-state index in [4.69, 9.17) is 11.6 Å². The van der Waals surface area contributed by atoms with Crippen LogP contribution < -0.4 is 4.72 Å². The summed E-state index contributed by atoms with van der Waals surface area (Å²) in [5, 5.41) is 10.7. The van der Waals surface area contributed by atoms with Gasteiger partial charge in [-0.2, -0.15) is 0 Å². The third-order valence-electron chi connectivity index (χ3n) is 3.96. The Labute approximate surface area is 158 Å². The Bertz CT molecular complexity index is 867. The fourth-order valence-electron chi connectivity index (χ4n) is 2.50. The maximum Gasteiger partial charge on any atom is 0.271 e. The predicted molar refractivity (Wildman–Crippen MR) is 103 cm³/mol. The highest BCUT2D eigenvalue weighted by molar-refractivity contribution is 7.92. The topological polar surface area (TPSA) is 89.3 Å². The van der Waals surface area contributed by atoms with Crippen molar-refractivity contribution in [2.24, 2.45) is 0 Å². The average molecular weight is 397 g/mol. The number of halogens is 1. The molecule has 2 rings (SSSR count). The summed E-state index contributed by atoms with van der Waals surface area (Å²) in [5.74, 6) is 0. The van der Waals surface area contributed by atoms with Crippen LogP contribution in [0.5, 0.6) is 0 Å². The Balaban J connectivity index is 2.09. The maximum absolute atomic E-state index is 12.5. The average Bonchev–Trinajstić information content (AvgIpc) is 2.60. The molecule has 1 N–H and O–H groups in total. The van der Waals surface area contributed by atoms with E-state index < -0.39 is 14.9 Å². The summed E-state index contributed by atoms with van der Waals surface area (Å²) in [6, 6.07) is 10.3. The summed E-state index contributed by atoms with van der Waals surface area (Å²) in [6.45, 7) is 2.16. The van der Waals surface area contributed by atoms with Crippen molar-refractivity contribution in [3.05, 3.63) is 63.2 Å². The molecule has 0 fully saturated rings. The van der Waals surface area contributed by atoms with Crippen molar-refractivity contribution in [2.75, 3.05) is 4.72 Å². The summed E-state index contributed by atoms with van der Waals surface area (Å²) >= 11 is 5.94. The molecule has 0 aromatic heterocycles. The van der Waals surface area contributed by atoms with Crippen LogP contribution in [0, 0.1) is 10.1 Å². The third kappa shape index (κ3) is 5.44. The van der Waals surface area contributed by atoms with Crippen LogP contribution in [0.4, 0.5) is 11.4 Å². The zero-order valence-corrected chi connectivity index (χ0v) is 16.0. The highest BCUT2D eigenvalue weighted by Crippen LogP contribution is 2.28. The lowest BCUT2D eigenvalue weighted by molar-refractivity contribution is -0.384. The Kier molecular flexibility index (Phi) is 6.99. The number of sulfonamides is 1. The van der Waals surface area contributed by atoms with E-state index in [1.54, 1.807) is 24.3 Å². The molecule has 2 aromatic rings. The van der Waals surface area contributed by atoms with Crippen molar-refractivity contribution in [3.63, 3.8) is 0 Å². The Morgan fingerprint density at radius 3 is 2.35 bits per heavy atom. The first kappa shape index (κ1) is 20.2. The SMILES string of the molecule is CCCCCCc1ccc(S(=O)(=O)Nc2ccc([N+](=O)[O-])cc2Cl)cc1. The summed E-state index contributed by atoms with van der Waals surface area (Å²) < 4.78 is 27.3. The van der Waals surface area contributed by atoms with E-state index in [1.165, 1.54) is 25.0 Å². The van der Waals surface area contributed by atoms with Crippen LogP contribution in [-0.4, -0.2) is 13.3 Å². The molecule has 0 unspecified atom stereocenters. The number of unbranched alkanes of at least 4 members (excludes halogenated alkanes) is 3. The number of anilines is 1. The van der Waals surface area contributed by atoms with E-state index in [9.17, 15) is 18.5 Å². The second-order valence-electron chi connectivity index (χ2n) is 5.98.